The van der Waals surface area contributed by atoms with Crippen molar-refractivity contribution in [1.29, 1.82) is 0 Å². The van der Waals surface area contributed by atoms with Gasteiger partial charge in [-0.2, -0.15) is 0 Å². The van der Waals surface area contributed by atoms with Crippen LogP contribution in [0, 0.1) is 0 Å². The van der Waals surface area contributed by atoms with Crippen molar-refractivity contribution in [3.05, 3.63) is 23.7 Å². The van der Waals surface area contributed by atoms with E-state index < -0.39 is 0 Å². The van der Waals surface area contributed by atoms with Gasteiger partial charge in [0.15, 0.2) is 0 Å². The van der Waals surface area contributed by atoms with Gasteiger partial charge in [-0.05, 0) is 18.9 Å². The third-order valence-corrected chi connectivity index (χ3v) is 2.32. The number of hydrogen-bond acceptors (Lipinski definition) is 3. The maximum atomic E-state index is 5.44. The molecule has 1 aliphatic rings. The average Bonchev–Trinajstić information content (AvgIpc) is 2.90. The van der Waals surface area contributed by atoms with Crippen LogP contribution in [0.3, 0.4) is 0 Å². The molecule has 0 spiro atoms. The Morgan fingerprint density at radius 3 is 3.07 bits per heavy atom. The van der Waals surface area contributed by atoms with E-state index >= 15 is 0 Å². The fourth-order valence-corrected chi connectivity index (χ4v) is 1.40. The highest BCUT2D eigenvalue weighted by molar-refractivity contribution is 5.99. The highest BCUT2D eigenvalue weighted by Gasteiger charge is 2.22. The summed E-state index contributed by atoms with van der Waals surface area (Å²) in [6.07, 6.45) is 4.87. The maximum Gasteiger partial charge on any atom is 0.146 e. The van der Waals surface area contributed by atoms with Crippen LogP contribution in [0.5, 0.6) is 0 Å². The first-order chi connectivity index (χ1) is 6.85. The second-order valence-corrected chi connectivity index (χ2v) is 3.46. The third-order valence-electron chi connectivity index (χ3n) is 2.32. The first kappa shape index (κ1) is 9.27. The van der Waals surface area contributed by atoms with E-state index in [9.17, 15) is 0 Å². The van der Waals surface area contributed by atoms with Gasteiger partial charge in [-0.1, -0.05) is 6.92 Å². The number of hydrazine groups is 1. The van der Waals surface area contributed by atoms with Gasteiger partial charge in [0.2, 0.25) is 0 Å². The van der Waals surface area contributed by atoms with E-state index in [-0.39, 0.29) is 0 Å². The Morgan fingerprint density at radius 1 is 1.71 bits per heavy atom. The molecular formula is C10H15N3O. The lowest BCUT2D eigenvalue weighted by molar-refractivity contribution is 0.515. The molecule has 1 aliphatic carbocycles. The van der Waals surface area contributed by atoms with Crippen molar-refractivity contribution in [1.82, 2.24) is 5.43 Å². The predicted octanol–water partition coefficient (Wildman–Crippen LogP) is 1.21. The fourth-order valence-electron chi connectivity index (χ4n) is 1.40. The summed E-state index contributed by atoms with van der Waals surface area (Å²) in [4.78, 5) is 4.48. The Bertz CT molecular complexity index is 339. The molecule has 1 saturated carbocycles. The van der Waals surface area contributed by atoms with Gasteiger partial charge < -0.3 is 9.84 Å². The van der Waals surface area contributed by atoms with E-state index in [1.54, 1.807) is 6.26 Å². The highest BCUT2D eigenvalue weighted by Crippen LogP contribution is 2.24. The lowest BCUT2D eigenvalue weighted by Gasteiger charge is -2.04. The maximum absolute atomic E-state index is 5.44. The highest BCUT2D eigenvalue weighted by atomic mass is 16.3. The molecule has 76 valence electrons. The number of hydrogen-bond donors (Lipinski definition) is 2. The molecule has 0 aliphatic heterocycles. The molecule has 3 N–H and O–H groups in total. The number of nitrogens with two attached hydrogens (primary N) is 1. The minimum Gasteiger partial charge on any atom is -0.469 e. The van der Waals surface area contributed by atoms with E-state index in [4.69, 9.17) is 10.3 Å². The summed E-state index contributed by atoms with van der Waals surface area (Å²) in [5.74, 6) is 7.12. The third kappa shape index (κ3) is 1.80. The average molecular weight is 193 g/mol. The molecular weight excluding hydrogens is 178 g/mol. The Kier molecular flexibility index (Phi) is 2.54. The monoisotopic (exact) mass is 193 g/mol. The molecule has 1 aromatic heterocycles. The van der Waals surface area contributed by atoms with Gasteiger partial charge in [-0.25, -0.2) is 5.84 Å². The molecule has 0 unspecified atom stereocenters. The molecule has 0 radical (unpaired) electrons. The van der Waals surface area contributed by atoms with Crippen LogP contribution in [0.25, 0.3) is 0 Å². The molecule has 0 atom stereocenters. The molecule has 1 aromatic rings. The summed E-state index contributed by atoms with van der Waals surface area (Å²) in [6, 6.07) is 2.36. The van der Waals surface area contributed by atoms with Crippen molar-refractivity contribution >= 4 is 5.84 Å². The Hall–Kier alpha value is -1.29. The minimum absolute atomic E-state index is 0.459. The standard InChI is InChI=1S/C10H15N3O/c1-2-9-8(5-6-14-9)10(13-11)12-7-3-4-7/h5-7H,2-4,11H2,1H3,(H,12,13). The zero-order valence-corrected chi connectivity index (χ0v) is 8.29. The van der Waals surface area contributed by atoms with Crippen molar-refractivity contribution in [2.24, 2.45) is 10.8 Å². The lowest BCUT2D eigenvalue weighted by Crippen LogP contribution is -2.31. The topological polar surface area (TPSA) is 63.5 Å². The molecule has 0 amide bonds. The van der Waals surface area contributed by atoms with Crippen molar-refractivity contribution in [3.63, 3.8) is 0 Å². The van der Waals surface area contributed by atoms with E-state index in [0.29, 0.717) is 6.04 Å². The first-order valence-electron chi connectivity index (χ1n) is 4.96. The van der Waals surface area contributed by atoms with Gasteiger partial charge in [0.05, 0.1) is 17.9 Å². The van der Waals surface area contributed by atoms with Crippen molar-refractivity contribution in [2.45, 2.75) is 32.2 Å². The van der Waals surface area contributed by atoms with Crippen LogP contribution in [0.1, 0.15) is 31.1 Å². The summed E-state index contributed by atoms with van der Waals surface area (Å²) in [6.45, 7) is 2.05. The summed E-state index contributed by atoms with van der Waals surface area (Å²) in [7, 11) is 0. The first-order valence-corrected chi connectivity index (χ1v) is 4.96. The summed E-state index contributed by atoms with van der Waals surface area (Å²) >= 11 is 0. The van der Waals surface area contributed by atoms with E-state index in [0.717, 1.165) is 23.6 Å². The second-order valence-electron chi connectivity index (χ2n) is 3.46. The Balaban J connectivity index is 2.25. The van der Waals surface area contributed by atoms with Crippen LogP contribution in [0.15, 0.2) is 21.7 Å². The Labute approximate surface area is 83.2 Å². The van der Waals surface area contributed by atoms with Crippen LogP contribution >= 0.6 is 0 Å². The van der Waals surface area contributed by atoms with Gasteiger partial charge in [0.25, 0.3) is 0 Å². The molecule has 4 nitrogen and oxygen atoms in total. The van der Waals surface area contributed by atoms with Crippen molar-refractivity contribution < 1.29 is 4.42 Å². The normalized spacial score (nSPS) is 17.1. The van der Waals surface area contributed by atoms with Crippen molar-refractivity contribution in [2.75, 3.05) is 0 Å². The van der Waals surface area contributed by atoms with E-state index in [1.807, 2.05) is 13.0 Å². The van der Waals surface area contributed by atoms with Crippen LogP contribution in [-0.2, 0) is 6.42 Å². The van der Waals surface area contributed by atoms with Gasteiger partial charge in [-0.3, -0.25) is 4.99 Å². The SMILES string of the molecule is CCc1occc1C(=NC1CC1)NN. The van der Waals surface area contributed by atoms with Crippen LogP contribution < -0.4 is 11.3 Å². The number of furan rings is 1. The molecule has 14 heavy (non-hydrogen) atoms. The van der Waals surface area contributed by atoms with Crippen LogP contribution in [0.4, 0.5) is 0 Å². The smallest absolute Gasteiger partial charge is 0.146 e. The Morgan fingerprint density at radius 2 is 2.50 bits per heavy atom. The molecule has 0 aromatic carbocycles. The van der Waals surface area contributed by atoms with E-state index in [2.05, 4.69) is 10.4 Å². The molecule has 1 heterocycles. The summed E-state index contributed by atoms with van der Waals surface area (Å²) < 4.78 is 5.32. The lowest BCUT2D eigenvalue weighted by atomic mass is 10.2. The molecule has 4 heteroatoms. The molecule has 1 fully saturated rings. The zero-order chi connectivity index (χ0) is 9.97. The fraction of sp³-hybridized carbons (Fsp3) is 0.500. The number of amidine groups is 1. The predicted molar refractivity (Wildman–Crippen MR) is 55.0 cm³/mol. The minimum atomic E-state index is 0.459. The molecule has 0 saturated heterocycles. The zero-order valence-electron chi connectivity index (χ0n) is 8.29. The van der Waals surface area contributed by atoms with Gasteiger partial charge in [0, 0.05) is 6.42 Å². The van der Waals surface area contributed by atoms with Gasteiger partial charge in [0.1, 0.15) is 11.6 Å². The number of aryl methyl sites for hydroxylation is 1. The summed E-state index contributed by atoms with van der Waals surface area (Å²) in [5, 5.41) is 0. The van der Waals surface area contributed by atoms with Gasteiger partial charge >= 0.3 is 0 Å². The summed E-state index contributed by atoms with van der Waals surface area (Å²) in [5.41, 5.74) is 3.63. The van der Waals surface area contributed by atoms with Crippen LogP contribution in [0.2, 0.25) is 0 Å². The van der Waals surface area contributed by atoms with E-state index in [1.165, 1.54) is 12.8 Å². The number of nitrogens with one attached hydrogen (secondary N) is 1. The number of aliphatic imine (C=N–C) groups is 1. The number of rotatable bonds is 3. The number of nitrogens with zero attached hydrogens (tertiary/aromatic N) is 1. The van der Waals surface area contributed by atoms with Crippen LogP contribution in [-0.4, -0.2) is 11.9 Å². The molecule has 0 bridgehead atoms. The largest absolute Gasteiger partial charge is 0.469 e. The quantitative estimate of drug-likeness (QED) is 0.328. The van der Waals surface area contributed by atoms with Crippen molar-refractivity contribution in [3.8, 4) is 0 Å². The van der Waals surface area contributed by atoms with Gasteiger partial charge in [-0.15, -0.1) is 0 Å². The second kappa shape index (κ2) is 3.84. The molecule has 2 rings (SSSR count).